The van der Waals surface area contributed by atoms with Gasteiger partial charge in [0.15, 0.2) is 0 Å². The van der Waals surface area contributed by atoms with E-state index in [0.717, 1.165) is 30.5 Å². The van der Waals surface area contributed by atoms with Crippen molar-refractivity contribution in [2.45, 2.75) is 31.2 Å². The first-order chi connectivity index (χ1) is 7.15. The molecule has 3 heteroatoms. The van der Waals surface area contributed by atoms with Gasteiger partial charge in [-0.3, -0.25) is 4.79 Å². The van der Waals surface area contributed by atoms with Crippen LogP contribution in [0, 0.1) is 0 Å². The lowest BCUT2D eigenvalue weighted by molar-refractivity contribution is -0.115. The zero-order valence-electron chi connectivity index (χ0n) is 8.55. The first kappa shape index (κ1) is 8.92. The van der Waals surface area contributed by atoms with Crippen molar-refractivity contribution in [2.24, 2.45) is 5.73 Å². The van der Waals surface area contributed by atoms with Gasteiger partial charge >= 0.3 is 0 Å². The SMILES string of the molecule is NC1(Cc2ccc3c(c2)NC(=O)C3)CC1. The van der Waals surface area contributed by atoms with E-state index < -0.39 is 0 Å². The molecule has 2 aliphatic rings. The molecule has 3 rings (SSSR count). The van der Waals surface area contributed by atoms with Gasteiger partial charge in [0, 0.05) is 11.2 Å². The third-order valence-electron chi connectivity index (χ3n) is 3.25. The monoisotopic (exact) mass is 202 g/mol. The van der Waals surface area contributed by atoms with Crippen LogP contribution in [0.15, 0.2) is 18.2 Å². The van der Waals surface area contributed by atoms with E-state index in [-0.39, 0.29) is 11.4 Å². The van der Waals surface area contributed by atoms with Crippen LogP contribution in [-0.4, -0.2) is 11.4 Å². The van der Waals surface area contributed by atoms with Gasteiger partial charge in [-0.2, -0.15) is 0 Å². The van der Waals surface area contributed by atoms with E-state index >= 15 is 0 Å². The molecule has 1 saturated carbocycles. The van der Waals surface area contributed by atoms with E-state index in [1.165, 1.54) is 5.56 Å². The summed E-state index contributed by atoms with van der Waals surface area (Å²) in [6.45, 7) is 0. The molecule has 1 aromatic rings. The number of benzene rings is 1. The number of hydrogen-bond donors (Lipinski definition) is 2. The van der Waals surface area contributed by atoms with Gasteiger partial charge in [0.2, 0.25) is 5.91 Å². The molecule has 0 aromatic heterocycles. The molecule has 0 saturated heterocycles. The molecule has 1 fully saturated rings. The number of fused-ring (bicyclic) bond motifs is 1. The van der Waals surface area contributed by atoms with Crippen LogP contribution in [-0.2, 0) is 17.6 Å². The second-order valence-corrected chi connectivity index (χ2v) is 4.76. The van der Waals surface area contributed by atoms with Crippen LogP contribution in [0.4, 0.5) is 5.69 Å². The predicted octanol–water partition coefficient (Wildman–Crippen LogP) is 1.22. The minimum absolute atomic E-state index is 0.0385. The summed E-state index contributed by atoms with van der Waals surface area (Å²) >= 11 is 0. The summed E-state index contributed by atoms with van der Waals surface area (Å²) in [5, 5.41) is 2.86. The van der Waals surface area contributed by atoms with Crippen molar-refractivity contribution in [1.82, 2.24) is 0 Å². The largest absolute Gasteiger partial charge is 0.326 e. The lowest BCUT2D eigenvalue weighted by Crippen LogP contribution is -2.24. The Bertz CT molecular complexity index is 435. The average molecular weight is 202 g/mol. The van der Waals surface area contributed by atoms with Crippen molar-refractivity contribution in [1.29, 1.82) is 0 Å². The van der Waals surface area contributed by atoms with Gasteiger partial charge < -0.3 is 11.1 Å². The molecule has 3 N–H and O–H groups in total. The quantitative estimate of drug-likeness (QED) is 0.757. The molecule has 1 aliphatic carbocycles. The van der Waals surface area contributed by atoms with Gasteiger partial charge in [0.05, 0.1) is 6.42 Å². The van der Waals surface area contributed by atoms with Crippen molar-refractivity contribution < 1.29 is 4.79 Å². The smallest absolute Gasteiger partial charge is 0.228 e. The minimum atomic E-state index is 0.0385. The number of hydrogen-bond acceptors (Lipinski definition) is 2. The van der Waals surface area contributed by atoms with Gasteiger partial charge in [-0.15, -0.1) is 0 Å². The molecule has 3 nitrogen and oxygen atoms in total. The third-order valence-corrected chi connectivity index (χ3v) is 3.25. The highest BCUT2D eigenvalue weighted by Crippen LogP contribution is 2.36. The lowest BCUT2D eigenvalue weighted by Gasteiger charge is -2.09. The second kappa shape index (κ2) is 2.83. The van der Waals surface area contributed by atoms with Crippen LogP contribution < -0.4 is 11.1 Å². The molecule has 0 atom stereocenters. The molecule has 1 heterocycles. The maximum atomic E-state index is 11.2. The van der Waals surface area contributed by atoms with Crippen molar-refractivity contribution in [2.75, 3.05) is 5.32 Å². The fourth-order valence-electron chi connectivity index (χ4n) is 2.12. The Morgan fingerprint density at radius 2 is 2.20 bits per heavy atom. The molecule has 1 amide bonds. The first-order valence-electron chi connectivity index (χ1n) is 5.35. The van der Waals surface area contributed by atoms with Crippen molar-refractivity contribution >= 4 is 11.6 Å². The number of nitrogens with one attached hydrogen (secondary N) is 1. The molecular formula is C12H14N2O. The minimum Gasteiger partial charge on any atom is -0.326 e. The summed E-state index contributed by atoms with van der Waals surface area (Å²) in [5.74, 6) is 0.0935. The van der Waals surface area contributed by atoms with Gasteiger partial charge in [0.1, 0.15) is 0 Å². The summed E-state index contributed by atoms with van der Waals surface area (Å²) in [5.41, 5.74) is 9.41. The van der Waals surface area contributed by atoms with Crippen molar-refractivity contribution in [3.8, 4) is 0 Å². The van der Waals surface area contributed by atoms with Crippen LogP contribution in [0.1, 0.15) is 24.0 Å². The van der Waals surface area contributed by atoms with E-state index in [0.29, 0.717) is 6.42 Å². The predicted molar refractivity (Wildman–Crippen MR) is 58.6 cm³/mol. The Morgan fingerprint density at radius 3 is 2.93 bits per heavy atom. The zero-order chi connectivity index (χ0) is 10.5. The Morgan fingerprint density at radius 1 is 1.40 bits per heavy atom. The molecule has 78 valence electrons. The summed E-state index contributed by atoms with van der Waals surface area (Å²) in [6.07, 6.45) is 3.69. The fourth-order valence-corrected chi connectivity index (χ4v) is 2.12. The summed E-state index contributed by atoms with van der Waals surface area (Å²) in [7, 11) is 0. The standard InChI is InChI=1S/C12H14N2O/c13-12(3-4-12)7-8-1-2-9-6-11(15)14-10(9)5-8/h1-2,5H,3-4,6-7,13H2,(H,14,15). The topological polar surface area (TPSA) is 55.1 Å². The molecule has 0 bridgehead atoms. The number of anilines is 1. The van der Waals surface area contributed by atoms with E-state index in [2.05, 4.69) is 17.4 Å². The number of nitrogens with two attached hydrogens (primary N) is 1. The Balaban J connectivity index is 1.86. The molecule has 0 unspecified atom stereocenters. The van der Waals surface area contributed by atoms with E-state index in [1.54, 1.807) is 0 Å². The van der Waals surface area contributed by atoms with Crippen LogP contribution in [0.25, 0.3) is 0 Å². The lowest BCUT2D eigenvalue weighted by atomic mass is 10.0. The number of carbonyl (C=O) groups is 1. The Kier molecular flexibility index (Phi) is 1.68. The Labute approximate surface area is 88.7 Å². The van der Waals surface area contributed by atoms with Crippen LogP contribution >= 0.6 is 0 Å². The molecule has 1 aromatic carbocycles. The fraction of sp³-hybridized carbons (Fsp3) is 0.417. The third kappa shape index (κ3) is 1.63. The highest BCUT2D eigenvalue weighted by atomic mass is 16.1. The normalized spacial score (nSPS) is 21.0. The van der Waals surface area contributed by atoms with Crippen molar-refractivity contribution in [3.63, 3.8) is 0 Å². The molecule has 0 radical (unpaired) electrons. The second-order valence-electron chi connectivity index (χ2n) is 4.76. The molecule has 1 aliphatic heterocycles. The first-order valence-corrected chi connectivity index (χ1v) is 5.35. The van der Waals surface area contributed by atoms with Crippen LogP contribution in [0.5, 0.6) is 0 Å². The van der Waals surface area contributed by atoms with E-state index in [9.17, 15) is 4.79 Å². The summed E-state index contributed by atoms with van der Waals surface area (Å²) < 4.78 is 0. The summed E-state index contributed by atoms with van der Waals surface area (Å²) in [4.78, 5) is 11.2. The number of rotatable bonds is 2. The molecular weight excluding hydrogens is 188 g/mol. The summed E-state index contributed by atoms with van der Waals surface area (Å²) in [6, 6.07) is 6.19. The Hall–Kier alpha value is -1.35. The van der Waals surface area contributed by atoms with Crippen LogP contribution in [0.3, 0.4) is 0 Å². The average Bonchev–Trinajstić information content (AvgIpc) is 2.76. The van der Waals surface area contributed by atoms with Crippen molar-refractivity contribution in [3.05, 3.63) is 29.3 Å². The molecule has 0 spiro atoms. The van der Waals surface area contributed by atoms with Gasteiger partial charge in [-0.25, -0.2) is 0 Å². The highest BCUT2D eigenvalue weighted by molar-refractivity contribution is 5.99. The zero-order valence-corrected chi connectivity index (χ0v) is 8.55. The number of amides is 1. The van der Waals surface area contributed by atoms with Gasteiger partial charge in [0.25, 0.3) is 0 Å². The number of carbonyl (C=O) groups excluding carboxylic acids is 1. The van der Waals surface area contributed by atoms with Crippen LogP contribution in [0.2, 0.25) is 0 Å². The van der Waals surface area contributed by atoms with E-state index in [4.69, 9.17) is 5.73 Å². The van der Waals surface area contributed by atoms with E-state index in [1.807, 2.05) is 6.07 Å². The van der Waals surface area contributed by atoms with Gasteiger partial charge in [-0.1, -0.05) is 12.1 Å². The van der Waals surface area contributed by atoms with Gasteiger partial charge in [-0.05, 0) is 36.5 Å². The molecule has 15 heavy (non-hydrogen) atoms. The highest BCUT2D eigenvalue weighted by Gasteiger charge is 2.38. The maximum Gasteiger partial charge on any atom is 0.228 e. The maximum absolute atomic E-state index is 11.2.